The Hall–Kier alpha value is -1.14. The maximum atomic E-state index is 13.3. The summed E-state index contributed by atoms with van der Waals surface area (Å²) in [6, 6.07) is 6.35. The van der Waals surface area contributed by atoms with E-state index >= 15 is 0 Å². The van der Waals surface area contributed by atoms with E-state index in [4.69, 9.17) is 5.26 Å². The van der Waals surface area contributed by atoms with Crippen LogP contribution in [-0.2, 0) is 0 Å². The summed E-state index contributed by atoms with van der Waals surface area (Å²) in [4.78, 5) is 0. The van der Waals surface area contributed by atoms with Crippen LogP contribution >= 0.6 is 15.9 Å². The highest BCUT2D eigenvalue weighted by molar-refractivity contribution is 9.09. The minimum atomic E-state index is -0.352. The molecule has 0 bridgehead atoms. The molecule has 0 radical (unpaired) electrons. The maximum Gasteiger partial charge on any atom is 0.131 e. The van der Waals surface area contributed by atoms with Crippen molar-refractivity contribution in [2.75, 3.05) is 5.33 Å². The number of nitriles is 1. The lowest BCUT2D eigenvalue weighted by Gasteiger charge is -1.96. The molecule has 0 saturated carbocycles. The van der Waals surface area contributed by atoms with Gasteiger partial charge in [0.2, 0.25) is 0 Å². The van der Waals surface area contributed by atoms with E-state index in [1.165, 1.54) is 6.07 Å². The van der Waals surface area contributed by atoms with Gasteiger partial charge in [0.15, 0.2) is 0 Å². The predicted octanol–water partition coefficient (Wildman–Crippen LogP) is 3.50. The molecule has 1 aromatic rings. The van der Waals surface area contributed by atoms with E-state index in [1.807, 2.05) is 12.1 Å². The first-order valence-corrected chi connectivity index (χ1v) is 5.32. The molecule has 0 unspecified atom stereocenters. The molecule has 0 heterocycles. The van der Waals surface area contributed by atoms with Crippen LogP contribution in [0, 0.1) is 17.1 Å². The first kappa shape index (κ1) is 10.9. The van der Waals surface area contributed by atoms with Gasteiger partial charge in [-0.3, -0.25) is 0 Å². The van der Waals surface area contributed by atoms with E-state index < -0.39 is 0 Å². The van der Waals surface area contributed by atoms with Crippen LogP contribution < -0.4 is 0 Å². The maximum absolute atomic E-state index is 13.3. The fourth-order valence-electron chi connectivity index (χ4n) is 1.01. The molecule has 0 fully saturated rings. The third kappa shape index (κ3) is 2.97. The summed E-state index contributed by atoms with van der Waals surface area (Å²) in [5.41, 5.74) is 0.866. The van der Waals surface area contributed by atoms with Crippen molar-refractivity contribution in [3.8, 4) is 6.07 Å². The Labute approximate surface area is 91.0 Å². The second-order valence-corrected chi connectivity index (χ2v) is 3.52. The Morgan fingerprint density at radius 2 is 2.29 bits per heavy atom. The average Bonchev–Trinajstić information content (AvgIpc) is 2.20. The van der Waals surface area contributed by atoms with Gasteiger partial charge < -0.3 is 0 Å². The summed E-state index contributed by atoms with van der Waals surface area (Å²) in [7, 11) is 0. The van der Waals surface area contributed by atoms with Crippen LogP contribution in [0.5, 0.6) is 0 Å². The molecular weight excluding hydrogens is 245 g/mol. The van der Waals surface area contributed by atoms with Crippen molar-refractivity contribution in [2.24, 2.45) is 0 Å². The zero-order valence-corrected chi connectivity index (χ0v) is 9.09. The van der Waals surface area contributed by atoms with Gasteiger partial charge in [0.25, 0.3) is 0 Å². The zero-order chi connectivity index (χ0) is 10.4. The summed E-state index contributed by atoms with van der Waals surface area (Å²) in [6.45, 7) is 0. The van der Waals surface area contributed by atoms with Crippen LogP contribution in [0.1, 0.15) is 17.5 Å². The first-order chi connectivity index (χ1) is 6.77. The van der Waals surface area contributed by atoms with Crippen molar-refractivity contribution < 1.29 is 4.39 Å². The second-order valence-electron chi connectivity index (χ2n) is 2.73. The number of halogens is 2. The van der Waals surface area contributed by atoms with Crippen LogP contribution in [0.25, 0.3) is 6.08 Å². The Balaban J connectivity index is 2.85. The molecule has 3 heteroatoms. The van der Waals surface area contributed by atoms with E-state index in [0.29, 0.717) is 11.1 Å². The number of allylic oxidation sites excluding steroid dienone is 1. The molecule has 0 aliphatic rings. The molecule has 1 rings (SSSR count). The van der Waals surface area contributed by atoms with Crippen LogP contribution in [0.4, 0.5) is 4.39 Å². The Morgan fingerprint density at radius 1 is 1.50 bits per heavy atom. The van der Waals surface area contributed by atoms with Gasteiger partial charge in [-0.25, -0.2) is 4.39 Å². The van der Waals surface area contributed by atoms with Crippen molar-refractivity contribution in [3.05, 3.63) is 41.2 Å². The van der Waals surface area contributed by atoms with Gasteiger partial charge in [-0.1, -0.05) is 34.1 Å². The predicted molar refractivity (Wildman–Crippen MR) is 58.6 cm³/mol. The summed E-state index contributed by atoms with van der Waals surface area (Å²) in [5, 5.41) is 9.39. The fourth-order valence-corrected chi connectivity index (χ4v) is 1.27. The largest absolute Gasteiger partial charge is 0.206 e. The SMILES string of the molecule is N#Cc1ccc(C=CCCBr)c(F)c1. The first-order valence-electron chi connectivity index (χ1n) is 4.20. The number of alkyl halides is 1. The van der Waals surface area contributed by atoms with E-state index in [0.717, 1.165) is 11.8 Å². The monoisotopic (exact) mass is 253 g/mol. The van der Waals surface area contributed by atoms with Crippen molar-refractivity contribution in [1.29, 1.82) is 5.26 Å². The van der Waals surface area contributed by atoms with Gasteiger partial charge >= 0.3 is 0 Å². The van der Waals surface area contributed by atoms with E-state index in [9.17, 15) is 4.39 Å². The summed E-state index contributed by atoms with van der Waals surface area (Å²) >= 11 is 3.28. The molecule has 0 aliphatic heterocycles. The van der Waals surface area contributed by atoms with Crippen LogP contribution in [-0.4, -0.2) is 5.33 Å². The fraction of sp³-hybridized carbons (Fsp3) is 0.182. The molecular formula is C11H9BrFN. The van der Waals surface area contributed by atoms with Gasteiger partial charge in [-0.2, -0.15) is 5.26 Å². The zero-order valence-electron chi connectivity index (χ0n) is 7.50. The lowest BCUT2D eigenvalue weighted by atomic mass is 10.1. The molecule has 1 aromatic carbocycles. The molecule has 14 heavy (non-hydrogen) atoms. The van der Waals surface area contributed by atoms with Crippen LogP contribution in [0.2, 0.25) is 0 Å². The summed E-state index contributed by atoms with van der Waals surface area (Å²) in [6.07, 6.45) is 4.47. The molecule has 0 aromatic heterocycles. The Morgan fingerprint density at radius 3 is 2.86 bits per heavy atom. The van der Waals surface area contributed by atoms with Gasteiger partial charge in [0.05, 0.1) is 11.6 Å². The van der Waals surface area contributed by atoms with Crippen molar-refractivity contribution in [3.63, 3.8) is 0 Å². The van der Waals surface area contributed by atoms with Gasteiger partial charge in [0.1, 0.15) is 5.82 Å². The number of benzene rings is 1. The number of hydrogen-bond acceptors (Lipinski definition) is 1. The standard InChI is InChI=1S/C11H9BrFN/c12-6-2-1-3-10-5-4-9(8-14)7-11(10)13/h1,3-5,7H,2,6H2. The van der Waals surface area contributed by atoms with Crippen LogP contribution in [0.15, 0.2) is 24.3 Å². The van der Waals surface area contributed by atoms with Crippen molar-refractivity contribution in [1.82, 2.24) is 0 Å². The van der Waals surface area contributed by atoms with Crippen molar-refractivity contribution >= 4 is 22.0 Å². The molecule has 0 N–H and O–H groups in total. The molecule has 0 atom stereocenters. The quantitative estimate of drug-likeness (QED) is 0.757. The third-order valence-electron chi connectivity index (χ3n) is 1.70. The Kier molecular flexibility index (Phi) is 4.34. The molecule has 1 nitrogen and oxygen atoms in total. The van der Waals surface area contributed by atoms with E-state index in [2.05, 4.69) is 15.9 Å². The van der Waals surface area contributed by atoms with E-state index in [-0.39, 0.29) is 5.82 Å². The number of hydrogen-bond donors (Lipinski definition) is 0. The molecule has 0 spiro atoms. The molecule has 0 aliphatic carbocycles. The van der Waals surface area contributed by atoms with Gasteiger partial charge in [-0.15, -0.1) is 0 Å². The normalized spacial score (nSPS) is 10.4. The van der Waals surface area contributed by atoms with Gasteiger partial charge in [-0.05, 0) is 18.6 Å². The Bertz CT molecular complexity index is 379. The topological polar surface area (TPSA) is 23.8 Å². The smallest absolute Gasteiger partial charge is 0.131 e. The van der Waals surface area contributed by atoms with E-state index in [1.54, 1.807) is 18.2 Å². The number of rotatable bonds is 3. The minimum absolute atomic E-state index is 0.347. The van der Waals surface area contributed by atoms with Crippen molar-refractivity contribution in [2.45, 2.75) is 6.42 Å². The lowest BCUT2D eigenvalue weighted by molar-refractivity contribution is 0.624. The second kappa shape index (κ2) is 5.56. The number of nitrogens with zero attached hydrogens (tertiary/aromatic N) is 1. The highest BCUT2D eigenvalue weighted by Crippen LogP contribution is 2.11. The van der Waals surface area contributed by atoms with Gasteiger partial charge in [0, 0.05) is 10.9 Å². The lowest BCUT2D eigenvalue weighted by Crippen LogP contribution is -1.83. The average molecular weight is 254 g/mol. The molecule has 0 amide bonds. The molecule has 0 saturated heterocycles. The highest BCUT2D eigenvalue weighted by atomic mass is 79.9. The molecule has 72 valence electrons. The third-order valence-corrected chi connectivity index (χ3v) is 2.16. The summed E-state index contributed by atoms with van der Waals surface area (Å²) < 4.78 is 13.3. The van der Waals surface area contributed by atoms with Crippen LogP contribution in [0.3, 0.4) is 0 Å². The highest BCUT2D eigenvalue weighted by Gasteiger charge is 1.99. The summed E-state index contributed by atoms with van der Waals surface area (Å²) in [5.74, 6) is -0.352. The minimum Gasteiger partial charge on any atom is -0.206 e.